The molecule has 3 rings (SSSR count). The second-order valence-electron chi connectivity index (χ2n) is 7.05. The smallest absolute Gasteiger partial charge is 0.124 e. The Morgan fingerprint density at radius 2 is 1.40 bits per heavy atom. The van der Waals surface area contributed by atoms with Gasteiger partial charge in [0.15, 0.2) is 0 Å². The lowest BCUT2D eigenvalue weighted by Crippen LogP contribution is -2.09. The molecule has 0 radical (unpaired) electrons. The van der Waals surface area contributed by atoms with Crippen LogP contribution in [-0.4, -0.2) is 19.8 Å². The van der Waals surface area contributed by atoms with E-state index < -0.39 is 0 Å². The highest BCUT2D eigenvalue weighted by Gasteiger charge is 2.04. The number of rotatable bonds is 13. The summed E-state index contributed by atoms with van der Waals surface area (Å²) in [7, 11) is 0. The molecule has 4 heteroatoms. The molecule has 0 saturated heterocycles. The summed E-state index contributed by atoms with van der Waals surface area (Å²) in [6.07, 6.45) is 3.48. The van der Waals surface area contributed by atoms with Gasteiger partial charge in [0.1, 0.15) is 30.5 Å². The fraction of sp³-hybridized carbons (Fsp3) is 0.308. The minimum atomic E-state index is 0.493. The van der Waals surface area contributed by atoms with Crippen molar-refractivity contribution >= 4 is 5.69 Å². The van der Waals surface area contributed by atoms with Crippen LogP contribution in [0.5, 0.6) is 17.2 Å². The van der Waals surface area contributed by atoms with E-state index in [4.69, 9.17) is 14.2 Å². The molecule has 0 bridgehead atoms. The lowest BCUT2D eigenvalue weighted by molar-refractivity contribution is 0.217. The van der Waals surface area contributed by atoms with Gasteiger partial charge >= 0.3 is 0 Å². The lowest BCUT2D eigenvalue weighted by Gasteiger charge is -2.14. The number of nitrogens with one attached hydrogen (secondary N) is 1. The van der Waals surface area contributed by atoms with Gasteiger partial charge in [-0.15, -0.1) is 0 Å². The molecule has 30 heavy (non-hydrogen) atoms. The molecule has 0 aliphatic carbocycles. The van der Waals surface area contributed by atoms with Gasteiger partial charge in [-0.25, -0.2) is 0 Å². The molecule has 0 unspecified atom stereocenters. The molecule has 0 amide bonds. The van der Waals surface area contributed by atoms with Gasteiger partial charge in [0.05, 0.1) is 6.61 Å². The van der Waals surface area contributed by atoms with E-state index in [2.05, 4.69) is 18.3 Å². The normalized spacial score (nSPS) is 10.4. The number of hydrogen-bond donors (Lipinski definition) is 1. The van der Waals surface area contributed by atoms with E-state index >= 15 is 0 Å². The molecule has 0 aliphatic rings. The van der Waals surface area contributed by atoms with E-state index in [1.807, 2.05) is 72.8 Å². The van der Waals surface area contributed by atoms with Crippen LogP contribution in [-0.2, 0) is 6.54 Å². The van der Waals surface area contributed by atoms with Gasteiger partial charge in [-0.3, -0.25) is 0 Å². The Hall–Kier alpha value is -3.14. The maximum absolute atomic E-state index is 5.97. The summed E-state index contributed by atoms with van der Waals surface area (Å²) in [5.74, 6) is 2.62. The van der Waals surface area contributed by atoms with Crippen molar-refractivity contribution < 1.29 is 14.2 Å². The third-order valence-electron chi connectivity index (χ3n) is 4.66. The van der Waals surface area contributed by atoms with Crippen LogP contribution in [0.1, 0.15) is 31.7 Å². The first kappa shape index (κ1) is 21.6. The highest BCUT2D eigenvalue weighted by Crippen LogP contribution is 2.22. The van der Waals surface area contributed by atoms with Gasteiger partial charge in [-0.05, 0) is 36.8 Å². The van der Waals surface area contributed by atoms with Crippen molar-refractivity contribution in [2.24, 2.45) is 0 Å². The predicted molar refractivity (Wildman–Crippen MR) is 123 cm³/mol. The zero-order valence-corrected chi connectivity index (χ0v) is 17.7. The van der Waals surface area contributed by atoms with Gasteiger partial charge < -0.3 is 19.5 Å². The van der Waals surface area contributed by atoms with Crippen molar-refractivity contribution in [3.05, 3.63) is 84.4 Å². The van der Waals surface area contributed by atoms with E-state index in [0.717, 1.165) is 41.5 Å². The number of hydrogen-bond acceptors (Lipinski definition) is 4. The molecule has 0 atom stereocenters. The summed E-state index contributed by atoms with van der Waals surface area (Å²) in [6.45, 7) is 4.66. The van der Waals surface area contributed by atoms with E-state index in [-0.39, 0.29) is 0 Å². The fourth-order valence-electron chi connectivity index (χ4n) is 3.05. The first-order chi connectivity index (χ1) is 14.8. The van der Waals surface area contributed by atoms with Crippen LogP contribution in [0.25, 0.3) is 0 Å². The number of unbranched alkanes of at least 4 members (excludes halogenated alkanes) is 2. The van der Waals surface area contributed by atoms with Crippen LogP contribution in [0.3, 0.4) is 0 Å². The average Bonchev–Trinajstić information content (AvgIpc) is 2.80. The van der Waals surface area contributed by atoms with Crippen molar-refractivity contribution in [1.29, 1.82) is 0 Å². The molecule has 4 nitrogen and oxygen atoms in total. The van der Waals surface area contributed by atoms with Gasteiger partial charge in [-0.2, -0.15) is 0 Å². The summed E-state index contributed by atoms with van der Waals surface area (Å²) in [4.78, 5) is 0. The molecule has 0 fully saturated rings. The second-order valence-corrected chi connectivity index (χ2v) is 7.05. The molecule has 1 N–H and O–H groups in total. The zero-order valence-electron chi connectivity index (χ0n) is 17.7. The molecule has 0 aromatic heterocycles. The molecular formula is C26H31NO3. The quantitative estimate of drug-likeness (QED) is 0.338. The molecule has 0 saturated carbocycles. The highest BCUT2D eigenvalue weighted by atomic mass is 16.5. The van der Waals surface area contributed by atoms with Crippen molar-refractivity contribution in [2.75, 3.05) is 25.1 Å². The van der Waals surface area contributed by atoms with Crippen LogP contribution in [0.2, 0.25) is 0 Å². The topological polar surface area (TPSA) is 39.7 Å². The van der Waals surface area contributed by atoms with E-state index in [1.54, 1.807) is 0 Å². The van der Waals surface area contributed by atoms with Gasteiger partial charge in [-0.1, -0.05) is 62.2 Å². The summed E-state index contributed by atoms with van der Waals surface area (Å²) < 4.78 is 17.5. The zero-order chi connectivity index (χ0) is 20.9. The Bertz CT molecular complexity index is 867. The number of para-hydroxylation sites is 2. The molecule has 0 heterocycles. The van der Waals surface area contributed by atoms with Crippen molar-refractivity contribution in [1.82, 2.24) is 0 Å². The second kappa shape index (κ2) is 12.4. The average molecular weight is 406 g/mol. The Labute approximate surface area is 179 Å². The number of anilines is 1. The van der Waals surface area contributed by atoms with Crippen LogP contribution >= 0.6 is 0 Å². The van der Waals surface area contributed by atoms with Crippen LogP contribution in [0.15, 0.2) is 78.9 Å². The minimum Gasteiger partial charge on any atom is -0.493 e. The monoisotopic (exact) mass is 405 g/mol. The summed E-state index contributed by atoms with van der Waals surface area (Å²) >= 11 is 0. The first-order valence-corrected chi connectivity index (χ1v) is 10.7. The van der Waals surface area contributed by atoms with E-state index in [9.17, 15) is 0 Å². The van der Waals surface area contributed by atoms with Gasteiger partial charge in [0.2, 0.25) is 0 Å². The molecule has 3 aromatic carbocycles. The summed E-state index contributed by atoms with van der Waals surface area (Å²) in [5, 5.41) is 3.47. The fourth-order valence-corrected chi connectivity index (χ4v) is 3.05. The van der Waals surface area contributed by atoms with Crippen LogP contribution in [0, 0.1) is 0 Å². The Morgan fingerprint density at radius 1 is 0.667 bits per heavy atom. The van der Waals surface area contributed by atoms with Crippen molar-refractivity contribution in [3.8, 4) is 17.2 Å². The Balaban J connectivity index is 1.46. The molecular weight excluding hydrogens is 374 g/mol. The van der Waals surface area contributed by atoms with Crippen LogP contribution < -0.4 is 19.5 Å². The summed E-state index contributed by atoms with van der Waals surface area (Å²) in [5.41, 5.74) is 2.16. The maximum Gasteiger partial charge on any atom is 0.124 e. The van der Waals surface area contributed by atoms with Crippen LogP contribution in [0.4, 0.5) is 5.69 Å². The van der Waals surface area contributed by atoms with Crippen molar-refractivity contribution in [2.45, 2.75) is 32.7 Å². The van der Waals surface area contributed by atoms with E-state index in [1.165, 1.54) is 12.8 Å². The lowest BCUT2D eigenvalue weighted by atomic mass is 10.2. The molecule has 0 spiro atoms. The largest absolute Gasteiger partial charge is 0.493 e. The highest BCUT2D eigenvalue weighted by molar-refractivity contribution is 5.49. The molecule has 158 valence electrons. The van der Waals surface area contributed by atoms with Gasteiger partial charge in [0.25, 0.3) is 0 Å². The third-order valence-corrected chi connectivity index (χ3v) is 4.66. The molecule has 3 aromatic rings. The Kier molecular flexibility index (Phi) is 8.93. The predicted octanol–water partition coefficient (Wildman–Crippen LogP) is 6.33. The van der Waals surface area contributed by atoms with E-state index in [0.29, 0.717) is 19.8 Å². The number of ether oxygens (including phenoxy) is 3. The number of benzene rings is 3. The summed E-state index contributed by atoms with van der Waals surface area (Å²) in [6, 6.07) is 26.0. The Morgan fingerprint density at radius 3 is 2.23 bits per heavy atom. The minimum absolute atomic E-state index is 0.493. The SMILES string of the molecule is CCCCCOc1ccccc1CNc1cccc(OCCOc2ccccc2)c1. The maximum atomic E-state index is 5.97. The third kappa shape index (κ3) is 7.36. The van der Waals surface area contributed by atoms with Gasteiger partial charge in [0, 0.05) is 23.9 Å². The first-order valence-electron chi connectivity index (χ1n) is 10.7. The molecule has 0 aliphatic heterocycles. The standard InChI is InChI=1S/C26H31NO3/c1-2-3-9-17-30-26-16-8-7-11-22(26)21-27-23-12-10-15-25(20-23)29-19-18-28-24-13-5-4-6-14-24/h4-8,10-16,20,27H,2-3,9,17-19,21H2,1H3. The van der Waals surface area contributed by atoms with Crippen molar-refractivity contribution in [3.63, 3.8) is 0 Å².